The standard InChI is InChI=1S/C20H35NO4/c1-5-6-7-8-9-10-11-14-19(23)21-17(4)18(22)13-12-15-25-20(24)16(2)3/h17H,2,5-15H2,1,3-4H3,(H,21,23). The molecule has 144 valence electrons. The zero-order valence-corrected chi connectivity index (χ0v) is 16.2. The molecule has 0 aliphatic rings. The van der Waals surface area contributed by atoms with E-state index in [1.807, 2.05) is 0 Å². The molecule has 0 bridgehead atoms. The summed E-state index contributed by atoms with van der Waals surface area (Å²) in [5.41, 5.74) is 0.345. The number of amides is 1. The summed E-state index contributed by atoms with van der Waals surface area (Å²) in [6, 6.07) is -0.492. The predicted molar refractivity (Wildman–Crippen MR) is 100 cm³/mol. The smallest absolute Gasteiger partial charge is 0.333 e. The highest BCUT2D eigenvalue weighted by atomic mass is 16.5. The first-order valence-corrected chi connectivity index (χ1v) is 9.53. The Balaban J connectivity index is 3.72. The largest absolute Gasteiger partial charge is 0.462 e. The van der Waals surface area contributed by atoms with E-state index in [4.69, 9.17) is 4.74 Å². The number of esters is 1. The molecule has 1 unspecified atom stereocenters. The Hall–Kier alpha value is -1.65. The third kappa shape index (κ3) is 13.3. The van der Waals surface area contributed by atoms with E-state index in [9.17, 15) is 14.4 Å². The molecule has 0 saturated carbocycles. The number of carbonyl (C=O) groups is 3. The summed E-state index contributed by atoms with van der Waals surface area (Å²) in [6.07, 6.45) is 9.35. The molecular weight excluding hydrogens is 318 g/mol. The number of unbranched alkanes of at least 4 members (excludes halogenated alkanes) is 6. The number of rotatable bonds is 15. The highest BCUT2D eigenvalue weighted by molar-refractivity contribution is 5.89. The molecule has 0 aromatic rings. The lowest BCUT2D eigenvalue weighted by atomic mass is 10.1. The van der Waals surface area contributed by atoms with Gasteiger partial charge in [0.05, 0.1) is 12.6 Å². The summed E-state index contributed by atoms with van der Waals surface area (Å²) in [5, 5.41) is 2.75. The van der Waals surface area contributed by atoms with Crippen LogP contribution in [0.25, 0.3) is 0 Å². The van der Waals surface area contributed by atoms with Crippen LogP contribution in [0.4, 0.5) is 0 Å². The van der Waals surface area contributed by atoms with Gasteiger partial charge >= 0.3 is 5.97 Å². The second-order valence-corrected chi connectivity index (χ2v) is 6.65. The lowest BCUT2D eigenvalue weighted by Gasteiger charge is -2.13. The van der Waals surface area contributed by atoms with Gasteiger partial charge in [-0.2, -0.15) is 0 Å². The minimum atomic E-state index is -0.492. The third-order valence-electron chi connectivity index (χ3n) is 4.02. The molecule has 5 nitrogen and oxygen atoms in total. The zero-order chi connectivity index (χ0) is 19.1. The average molecular weight is 354 g/mol. The van der Waals surface area contributed by atoms with Crippen LogP contribution in [0, 0.1) is 0 Å². The average Bonchev–Trinajstić information content (AvgIpc) is 2.57. The van der Waals surface area contributed by atoms with Crippen LogP contribution in [0.1, 0.15) is 85.0 Å². The van der Waals surface area contributed by atoms with Gasteiger partial charge in [0.15, 0.2) is 5.78 Å². The Bertz CT molecular complexity index is 431. The normalized spacial score (nSPS) is 11.6. The van der Waals surface area contributed by atoms with E-state index in [1.54, 1.807) is 13.8 Å². The highest BCUT2D eigenvalue weighted by Gasteiger charge is 2.15. The number of Topliss-reactive ketones (excluding diaryl/α,β-unsaturated/α-hetero) is 1. The Kier molecular flexibility index (Phi) is 13.7. The molecule has 1 atom stereocenters. The monoisotopic (exact) mass is 353 g/mol. The van der Waals surface area contributed by atoms with Gasteiger partial charge in [-0.15, -0.1) is 0 Å². The van der Waals surface area contributed by atoms with Crippen LogP contribution in [0.5, 0.6) is 0 Å². The molecule has 0 fully saturated rings. The summed E-state index contributed by atoms with van der Waals surface area (Å²) in [5.74, 6) is -0.550. The van der Waals surface area contributed by atoms with Gasteiger partial charge in [0.25, 0.3) is 0 Å². The predicted octanol–water partition coefficient (Wildman–Crippen LogP) is 4.10. The Morgan fingerprint density at radius 1 is 0.960 bits per heavy atom. The van der Waals surface area contributed by atoms with E-state index in [1.165, 1.54) is 32.1 Å². The second-order valence-electron chi connectivity index (χ2n) is 6.65. The van der Waals surface area contributed by atoms with Crippen molar-refractivity contribution in [3.63, 3.8) is 0 Å². The lowest BCUT2D eigenvalue weighted by molar-refractivity contribution is -0.139. The van der Waals surface area contributed by atoms with Crippen molar-refractivity contribution in [3.8, 4) is 0 Å². The van der Waals surface area contributed by atoms with E-state index in [2.05, 4.69) is 18.8 Å². The van der Waals surface area contributed by atoms with Crippen LogP contribution in [0.3, 0.4) is 0 Å². The molecular formula is C20H35NO4. The summed E-state index contributed by atoms with van der Waals surface area (Å²) < 4.78 is 4.94. The minimum Gasteiger partial charge on any atom is -0.462 e. The molecule has 0 aliphatic heterocycles. The maximum atomic E-state index is 12.0. The molecule has 0 aromatic carbocycles. The number of carbonyl (C=O) groups excluding carboxylic acids is 3. The maximum absolute atomic E-state index is 12.0. The van der Waals surface area contributed by atoms with Crippen molar-refractivity contribution < 1.29 is 19.1 Å². The summed E-state index contributed by atoms with van der Waals surface area (Å²) >= 11 is 0. The van der Waals surface area contributed by atoms with Gasteiger partial charge in [-0.1, -0.05) is 52.0 Å². The third-order valence-corrected chi connectivity index (χ3v) is 4.02. The van der Waals surface area contributed by atoms with Crippen LogP contribution in [-0.2, 0) is 19.1 Å². The Labute approximate surface area is 152 Å². The van der Waals surface area contributed by atoms with Gasteiger partial charge in [0.1, 0.15) is 0 Å². The Morgan fingerprint density at radius 3 is 2.16 bits per heavy atom. The molecule has 25 heavy (non-hydrogen) atoms. The fourth-order valence-corrected chi connectivity index (χ4v) is 2.39. The first-order valence-electron chi connectivity index (χ1n) is 9.53. The maximum Gasteiger partial charge on any atom is 0.333 e. The quantitative estimate of drug-likeness (QED) is 0.273. The summed E-state index contributed by atoms with van der Waals surface area (Å²) in [7, 11) is 0. The number of hydrogen-bond donors (Lipinski definition) is 1. The first-order chi connectivity index (χ1) is 11.9. The van der Waals surface area contributed by atoms with Crippen LogP contribution in [0.15, 0.2) is 12.2 Å². The van der Waals surface area contributed by atoms with Gasteiger partial charge < -0.3 is 10.1 Å². The SMILES string of the molecule is C=C(C)C(=O)OCCCC(=O)C(C)NC(=O)CCCCCCCCC. The molecule has 0 spiro atoms. The highest BCUT2D eigenvalue weighted by Crippen LogP contribution is 2.08. The fraction of sp³-hybridized carbons (Fsp3) is 0.750. The summed E-state index contributed by atoms with van der Waals surface area (Å²) in [6.45, 7) is 9.16. The topological polar surface area (TPSA) is 72.5 Å². The molecule has 0 radical (unpaired) electrons. The number of hydrogen-bond acceptors (Lipinski definition) is 4. The van der Waals surface area contributed by atoms with E-state index >= 15 is 0 Å². The molecule has 0 saturated heterocycles. The number of ether oxygens (including phenoxy) is 1. The van der Waals surface area contributed by atoms with E-state index < -0.39 is 12.0 Å². The molecule has 0 rings (SSSR count). The van der Waals surface area contributed by atoms with E-state index in [0.29, 0.717) is 18.4 Å². The van der Waals surface area contributed by atoms with Crippen molar-refractivity contribution in [2.75, 3.05) is 6.61 Å². The van der Waals surface area contributed by atoms with Gasteiger partial charge in [-0.25, -0.2) is 4.79 Å². The van der Waals surface area contributed by atoms with Gasteiger partial charge in [0.2, 0.25) is 5.91 Å². The lowest BCUT2D eigenvalue weighted by Crippen LogP contribution is -2.38. The van der Waals surface area contributed by atoms with Crippen LogP contribution < -0.4 is 5.32 Å². The molecule has 1 amide bonds. The first kappa shape index (κ1) is 23.4. The van der Waals surface area contributed by atoms with Crippen LogP contribution in [0.2, 0.25) is 0 Å². The molecule has 0 aliphatic carbocycles. The van der Waals surface area contributed by atoms with E-state index in [0.717, 1.165) is 12.8 Å². The number of ketones is 1. The van der Waals surface area contributed by atoms with Crippen molar-refractivity contribution in [1.29, 1.82) is 0 Å². The molecule has 0 aromatic heterocycles. The van der Waals surface area contributed by atoms with Crippen molar-refractivity contribution >= 4 is 17.7 Å². The van der Waals surface area contributed by atoms with Gasteiger partial charge in [0, 0.05) is 18.4 Å². The molecule has 0 heterocycles. The van der Waals surface area contributed by atoms with Crippen LogP contribution in [-0.4, -0.2) is 30.3 Å². The van der Waals surface area contributed by atoms with Gasteiger partial charge in [-0.3, -0.25) is 9.59 Å². The molecule has 1 N–H and O–H groups in total. The minimum absolute atomic E-state index is 0.0423. The second kappa shape index (κ2) is 14.7. The van der Waals surface area contributed by atoms with Crippen molar-refractivity contribution in [1.82, 2.24) is 5.32 Å². The zero-order valence-electron chi connectivity index (χ0n) is 16.2. The van der Waals surface area contributed by atoms with Crippen molar-refractivity contribution in [2.24, 2.45) is 0 Å². The van der Waals surface area contributed by atoms with E-state index in [-0.39, 0.29) is 24.7 Å². The van der Waals surface area contributed by atoms with Crippen molar-refractivity contribution in [3.05, 3.63) is 12.2 Å². The number of nitrogens with one attached hydrogen (secondary N) is 1. The van der Waals surface area contributed by atoms with Crippen molar-refractivity contribution in [2.45, 2.75) is 91.0 Å². The fourth-order valence-electron chi connectivity index (χ4n) is 2.39. The summed E-state index contributed by atoms with van der Waals surface area (Å²) in [4.78, 5) is 35.0. The Morgan fingerprint density at radius 2 is 1.56 bits per heavy atom. The molecule has 5 heteroatoms. The van der Waals surface area contributed by atoms with Gasteiger partial charge in [-0.05, 0) is 26.7 Å². The van der Waals surface area contributed by atoms with Crippen LogP contribution >= 0.6 is 0 Å².